The van der Waals surface area contributed by atoms with Crippen LogP contribution in [-0.4, -0.2) is 48.2 Å². The van der Waals surface area contributed by atoms with Crippen molar-refractivity contribution in [2.75, 3.05) is 31.1 Å². The summed E-state index contributed by atoms with van der Waals surface area (Å²) in [5.74, 6) is -0.0461. The quantitative estimate of drug-likeness (QED) is 0.512. The number of nitrogens with one attached hydrogen (secondary N) is 2. The third kappa shape index (κ3) is 2.91. The second-order valence-corrected chi connectivity index (χ2v) is 4.09. The fraction of sp³-hybridized carbons (Fsp3) is 0.333. The van der Waals surface area contributed by atoms with E-state index in [0.717, 1.165) is 18.8 Å². The van der Waals surface area contributed by atoms with E-state index in [2.05, 4.69) is 22.3 Å². The zero-order chi connectivity index (χ0) is 13.0. The van der Waals surface area contributed by atoms with Crippen LogP contribution in [0.4, 0.5) is 10.5 Å². The van der Waals surface area contributed by atoms with Crippen molar-refractivity contribution in [3.8, 4) is 0 Å². The van der Waals surface area contributed by atoms with Crippen molar-refractivity contribution in [3.63, 3.8) is 0 Å². The molecule has 6 nitrogen and oxygen atoms in total. The SMILES string of the molecule is N=C(NC(=O)O)N1CCN(c2ccccc2)CC1. The Morgan fingerprint density at radius 3 is 2.33 bits per heavy atom. The van der Waals surface area contributed by atoms with Gasteiger partial charge in [0.15, 0.2) is 0 Å². The molecule has 0 atom stereocenters. The number of hydrogen-bond donors (Lipinski definition) is 3. The maximum atomic E-state index is 10.4. The van der Waals surface area contributed by atoms with Crippen molar-refractivity contribution < 1.29 is 9.90 Å². The molecule has 1 aliphatic rings. The summed E-state index contributed by atoms with van der Waals surface area (Å²) in [5.41, 5.74) is 1.16. The number of piperazine rings is 1. The average Bonchev–Trinajstić information content (AvgIpc) is 2.39. The van der Waals surface area contributed by atoms with Gasteiger partial charge in [-0.05, 0) is 12.1 Å². The molecule has 96 valence electrons. The summed E-state index contributed by atoms with van der Waals surface area (Å²) < 4.78 is 0. The molecule has 3 N–H and O–H groups in total. The van der Waals surface area contributed by atoms with Gasteiger partial charge in [0.1, 0.15) is 0 Å². The molecule has 1 aromatic rings. The third-order valence-corrected chi connectivity index (χ3v) is 2.94. The molecule has 18 heavy (non-hydrogen) atoms. The van der Waals surface area contributed by atoms with Gasteiger partial charge in [0.2, 0.25) is 5.96 Å². The van der Waals surface area contributed by atoms with Crippen molar-refractivity contribution in [1.29, 1.82) is 5.41 Å². The number of nitrogens with zero attached hydrogens (tertiary/aromatic N) is 2. The number of para-hydroxylation sites is 1. The Kier molecular flexibility index (Phi) is 3.66. The topological polar surface area (TPSA) is 79.7 Å². The monoisotopic (exact) mass is 248 g/mol. The highest BCUT2D eigenvalue weighted by Crippen LogP contribution is 2.15. The Morgan fingerprint density at radius 1 is 1.17 bits per heavy atom. The first kappa shape index (κ1) is 12.2. The molecule has 0 spiro atoms. The lowest BCUT2D eigenvalue weighted by Crippen LogP contribution is -2.53. The summed E-state index contributed by atoms with van der Waals surface area (Å²) in [5, 5.41) is 18.2. The van der Waals surface area contributed by atoms with E-state index in [0.29, 0.717) is 13.1 Å². The van der Waals surface area contributed by atoms with Crippen molar-refractivity contribution in [2.24, 2.45) is 0 Å². The zero-order valence-corrected chi connectivity index (χ0v) is 9.97. The summed E-state index contributed by atoms with van der Waals surface area (Å²) >= 11 is 0. The number of anilines is 1. The van der Waals surface area contributed by atoms with Crippen LogP contribution >= 0.6 is 0 Å². The minimum atomic E-state index is -1.19. The van der Waals surface area contributed by atoms with Crippen LogP contribution in [0.2, 0.25) is 0 Å². The maximum Gasteiger partial charge on any atom is 0.411 e. The summed E-state index contributed by atoms with van der Waals surface area (Å²) in [6, 6.07) is 10.1. The van der Waals surface area contributed by atoms with E-state index in [-0.39, 0.29) is 5.96 Å². The average molecular weight is 248 g/mol. The molecular weight excluding hydrogens is 232 g/mol. The summed E-state index contributed by atoms with van der Waals surface area (Å²) in [6.45, 7) is 2.86. The van der Waals surface area contributed by atoms with E-state index in [1.807, 2.05) is 18.2 Å². The Balaban J connectivity index is 1.88. The third-order valence-electron chi connectivity index (χ3n) is 2.94. The standard InChI is InChI=1S/C12H16N4O2/c13-11(14-12(17)18)16-8-6-15(7-9-16)10-4-2-1-3-5-10/h1-5H,6-9H2,(H2,13,14)(H,17,18). The van der Waals surface area contributed by atoms with Gasteiger partial charge in [-0.1, -0.05) is 18.2 Å². The van der Waals surface area contributed by atoms with Gasteiger partial charge in [-0.2, -0.15) is 0 Å². The fourth-order valence-electron chi connectivity index (χ4n) is 2.01. The molecule has 2 rings (SSSR count). The van der Waals surface area contributed by atoms with Gasteiger partial charge < -0.3 is 14.9 Å². The molecule has 0 aliphatic carbocycles. The van der Waals surface area contributed by atoms with Gasteiger partial charge in [0, 0.05) is 31.9 Å². The van der Waals surface area contributed by atoms with Gasteiger partial charge in [-0.25, -0.2) is 4.79 Å². The number of guanidine groups is 1. The van der Waals surface area contributed by atoms with Crippen LogP contribution in [0.15, 0.2) is 30.3 Å². The minimum absolute atomic E-state index is 0.0461. The highest BCUT2D eigenvalue weighted by molar-refractivity contribution is 5.91. The van der Waals surface area contributed by atoms with Gasteiger partial charge in [-0.15, -0.1) is 0 Å². The number of amides is 1. The number of carboxylic acid groups (broad SMARTS) is 1. The molecule has 0 bridgehead atoms. The Hall–Kier alpha value is -2.24. The van der Waals surface area contributed by atoms with Crippen LogP contribution in [0, 0.1) is 5.41 Å². The summed E-state index contributed by atoms with van der Waals surface area (Å²) in [4.78, 5) is 14.4. The first-order chi connectivity index (χ1) is 8.66. The molecular formula is C12H16N4O2. The van der Waals surface area contributed by atoms with Crippen molar-refractivity contribution in [2.45, 2.75) is 0 Å². The maximum absolute atomic E-state index is 10.4. The normalized spacial score (nSPS) is 15.3. The zero-order valence-electron chi connectivity index (χ0n) is 9.97. The molecule has 1 fully saturated rings. The molecule has 0 saturated carbocycles. The highest BCUT2D eigenvalue weighted by atomic mass is 16.4. The molecule has 1 saturated heterocycles. The van der Waals surface area contributed by atoms with Gasteiger partial charge in [0.05, 0.1) is 0 Å². The smallest absolute Gasteiger partial charge is 0.411 e. The van der Waals surface area contributed by atoms with Crippen molar-refractivity contribution >= 4 is 17.7 Å². The lowest BCUT2D eigenvalue weighted by atomic mass is 10.2. The second-order valence-electron chi connectivity index (χ2n) is 4.09. The van der Waals surface area contributed by atoms with Crippen LogP contribution in [0.5, 0.6) is 0 Å². The number of hydrogen-bond acceptors (Lipinski definition) is 3. The van der Waals surface area contributed by atoms with Crippen LogP contribution in [0.3, 0.4) is 0 Å². The Bertz CT molecular complexity index is 427. The molecule has 0 unspecified atom stereocenters. The van der Waals surface area contributed by atoms with E-state index >= 15 is 0 Å². The number of carbonyl (C=O) groups is 1. The molecule has 1 aromatic carbocycles. The molecule has 0 radical (unpaired) electrons. The van der Waals surface area contributed by atoms with Gasteiger partial charge >= 0.3 is 6.09 Å². The van der Waals surface area contributed by atoms with Crippen LogP contribution in [0.1, 0.15) is 0 Å². The molecule has 1 amide bonds. The summed E-state index contributed by atoms with van der Waals surface area (Å²) in [7, 11) is 0. The molecule has 1 aliphatic heterocycles. The minimum Gasteiger partial charge on any atom is -0.465 e. The van der Waals surface area contributed by atoms with E-state index in [9.17, 15) is 4.79 Å². The molecule has 1 heterocycles. The van der Waals surface area contributed by atoms with E-state index in [4.69, 9.17) is 10.5 Å². The number of rotatable bonds is 1. The predicted molar refractivity (Wildman–Crippen MR) is 69.1 cm³/mol. The number of benzene rings is 1. The van der Waals surface area contributed by atoms with Crippen molar-refractivity contribution in [1.82, 2.24) is 10.2 Å². The van der Waals surface area contributed by atoms with E-state index in [1.54, 1.807) is 4.90 Å². The molecule has 0 aromatic heterocycles. The van der Waals surface area contributed by atoms with Crippen LogP contribution in [-0.2, 0) is 0 Å². The van der Waals surface area contributed by atoms with Crippen LogP contribution in [0.25, 0.3) is 0 Å². The van der Waals surface area contributed by atoms with Crippen molar-refractivity contribution in [3.05, 3.63) is 30.3 Å². The second kappa shape index (κ2) is 5.39. The van der Waals surface area contributed by atoms with E-state index < -0.39 is 6.09 Å². The fourth-order valence-corrected chi connectivity index (χ4v) is 2.01. The first-order valence-corrected chi connectivity index (χ1v) is 5.80. The summed E-state index contributed by atoms with van der Waals surface area (Å²) in [6.07, 6.45) is -1.19. The van der Waals surface area contributed by atoms with Gasteiger partial charge in [-0.3, -0.25) is 10.7 Å². The van der Waals surface area contributed by atoms with Crippen LogP contribution < -0.4 is 10.2 Å². The predicted octanol–water partition coefficient (Wildman–Crippen LogP) is 1.01. The van der Waals surface area contributed by atoms with Gasteiger partial charge in [0.25, 0.3) is 0 Å². The Morgan fingerprint density at radius 2 is 1.78 bits per heavy atom. The Labute approximate surface area is 105 Å². The lowest BCUT2D eigenvalue weighted by Gasteiger charge is -2.36. The largest absolute Gasteiger partial charge is 0.465 e. The van der Waals surface area contributed by atoms with E-state index in [1.165, 1.54) is 0 Å². The lowest BCUT2D eigenvalue weighted by molar-refractivity contribution is 0.198. The first-order valence-electron chi connectivity index (χ1n) is 5.80. The molecule has 6 heteroatoms. The highest BCUT2D eigenvalue weighted by Gasteiger charge is 2.19.